The molecule has 1 aromatic heterocycles. The normalized spacial score (nSPS) is 11.4. The van der Waals surface area contributed by atoms with Gasteiger partial charge in [0.1, 0.15) is 17.3 Å². The van der Waals surface area contributed by atoms with Crippen molar-refractivity contribution in [2.24, 2.45) is 0 Å². The molecule has 0 saturated heterocycles. The maximum absolute atomic E-state index is 12.0. The highest BCUT2D eigenvalue weighted by Crippen LogP contribution is 2.17. The first-order chi connectivity index (χ1) is 12.9. The van der Waals surface area contributed by atoms with Crippen LogP contribution < -0.4 is 20.7 Å². The first kappa shape index (κ1) is 20.0. The Morgan fingerprint density at radius 1 is 1.07 bits per heavy atom. The predicted octanol–water partition coefficient (Wildman–Crippen LogP) is 1.92. The van der Waals surface area contributed by atoms with Crippen LogP contribution in [0, 0.1) is 6.92 Å². The fourth-order valence-electron chi connectivity index (χ4n) is 2.24. The second-order valence-corrected chi connectivity index (χ2v) is 5.86. The van der Waals surface area contributed by atoms with Crippen molar-refractivity contribution in [1.82, 2.24) is 10.6 Å². The molecule has 0 saturated carbocycles. The van der Waals surface area contributed by atoms with E-state index in [-0.39, 0.29) is 12.5 Å². The summed E-state index contributed by atoms with van der Waals surface area (Å²) < 4.78 is 10.7. The van der Waals surface area contributed by atoms with E-state index in [2.05, 4.69) is 16.0 Å². The third-order valence-corrected chi connectivity index (χ3v) is 3.60. The highest BCUT2D eigenvalue weighted by Gasteiger charge is 2.19. The molecule has 0 spiro atoms. The lowest BCUT2D eigenvalue weighted by Crippen LogP contribution is -2.36. The summed E-state index contributed by atoms with van der Waals surface area (Å²) in [5, 5.41) is 7.69. The van der Waals surface area contributed by atoms with Gasteiger partial charge in [0.2, 0.25) is 0 Å². The van der Waals surface area contributed by atoms with Gasteiger partial charge < -0.3 is 25.1 Å². The molecule has 3 N–H and O–H groups in total. The van der Waals surface area contributed by atoms with Gasteiger partial charge in [-0.05, 0) is 57.2 Å². The molecule has 2 rings (SSSR count). The fourth-order valence-corrected chi connectivity index (χ4v) is 2.24. The summed E-state index contributed by atoms with van der Waals surface area (Å²) in [5.41, 5.74) is 0.432. The Hall–Kier alpha value is -3.29. The minimum atomic E-state index is -0.791. The summed E-state index contributed by atoms with van der Waals surface area (Å²) >= 11 is 0. The van der Waals surface area contributed by atoms with Crippen LogP contribution in [0.15, 0.2) is 40.8 Å². The van der Waals surface area contributed by atoms with Crippen LogP contribution in [0.3, 0.4) is 0 Å². The molecule has 1 unspecified atom stereocenters. The van der Waals surface area contributed by atoms with Gasteiger partial charge in [-0.1, -0.05) is 0 Å². The Morgan fingerprint density at radius 3 is 2.37 bits per heavy atom. The topological polar surface area (TPSA) is 110 Å². The summed E-state index contributed by atoms with van der Waals surface area (Å²) in [6.07, 6.45) is 0. The van der Waals surface area contributed by atoms with Crippen molar-refractivity contribution in [3.8, 4) is 5.75 Å². The molecule has 0 bridgehead atoms. The second kappa shape index (κ2) is 9.42. The van der Waals surface area contributed by atoms with Crippen LogP contribution in [-0.2, 0) is 14.4 Å². The largest absolute Gasteiger partial charge is 0.484 e. The maximum Gasteiger partial charge on any atom is 0.313 e. The van der Waals surface area contributed by atoms with Crippen molar-refractivity contribution in [1.29, 1.82) is 0 Å². The summed E-state index contributed by atoms with van der Waals surface area (Å²) in [7, 11) is 0. The number of carbonyl (C=O) groups excluding carboxylic acids is 3. The minimum absolute atomic E-state index is 0.0912. The number of carbonyl (C=O) groups is 3. The van der Waals surface area contributed by atoms with Gasteiger partial charge in [0.05, 0.1) is 6.04 Å². The number of aryl methyl sites for hydroxylation is 1. The number of benzene rings is 1. The van der Waals surface area contributed by atoms with E-state index in [1.807, 2.05) is 6.92 Å². The second-order valence-electron chi connectivity index (χ2n) is 5.86. The summed E-state index contributed by atoms with van der Waals surface area (Å²) in [4.78, 5) is 35.4. The van der Waals surface area contributed by atoms with Gasteiger partial charge in [-0.3, -0.25) is 14.4 Å². The van der Waals surface area contributed by atoms with Crippen LogP contribution in [0.1, 0.15) is 31.4 Å². The zero-order valence-corrected chi connectivity index (χ0v) is 15.5. The Bertz CT molecular complexity index is 798. The average Bonchev–Trinajstić information content (AvgIpc) is 3.08. The van der Waals surface area contributed by atoms with Gasteiger partial charge in [0.25, 0.3) is 5.91 Å². The number of ether oxygens (including phenoxy) is 1. The molecule has 0 fully saturated rings. The molecule has 1 heterocycles. The number of rotatable bonds is 7. The van der Waals surface area contributed by atoms with Crippen LogP contribution in [0.4, 0.5) is 5.69 Å². The molecule has 8 heteroatoms. The number of hydrogen-bond acceptors (Lipinski definition) is 5. The fraction of sp³-hybridized carbons (Fsp3) is 0.316. The standard InChI is InChI=1S/C19H23N3O5/c1-4-20-17(23)11-26-15-8-6-14(7-9-15)22-19(25)18(24)21-13(3)16-10-5-12(2)27-16/h5-10,13H,4,11H2,1-3H3,(H,20,23)(H,21,24)(H,22,25). The lowest BCUT2D eigenvalue weighted by atomic mass is 10.2. The molecule has 27 heavy (non-hydrogen) atoms. The van der Waals surface area contributed by atoms with E-state index in [0.717, 1.165) is 5.76 Å². The van der Waals surface area contributed by atoms with Crippen molar-refractivity contribution < 1.29 is 23.5 Å². The predicted molar refractivity (Wildman–Crippen MR) is 99.3 cm³/mol. The Balaban J connectivity index is 1.84. The summed E-state index contributed by atoms with van der Waals surface area (Å²) in [5.74, 6) is -0.000492. The molecular weight excluding hydrogens is 350 g/mol. The Kier molecular flexibility index (Phi) is 6.99. The molecule has 144 valence electrons. The van der Waals surface area contributed by atoms with Gasteiger partial charge in [0, 0.05) is 12.2 Å². The van der Waals surface area contributed by atoms with Gasteiger partial charge >= 0.3 is 11.8 Å². The van der Waals surface area contributed by atoms with Crippen LogP contribution in [0.25, 0.3) is 0 Å². The number of anilines is 1. The summed E-state index contributed by atoms with van der Waals surface area (Å²) in [6.45, 7) is 5.79. The third-order valence-electron chi connectivity index (χ3n) is 3.60. The Labute approximate surface area is 157 Å². The molecule has 0 radical (unpaired) electrons. The van der Waals surface area contributed by atoms with Gasteiger partial charge in [-0.2, -0.15) is 0 Å². The van der Waals surface area contributed by atoms with E-state index >= 15 is 0 Å². The van der Waals surface area contributed by atoms with Crippen molar-refractivity contribution in [2.75, 3.05) is 18.5 Å². The zero-order valence-electron chi connectivity index (χ0n) is 15.5. The first-order valence-electron chi connectivity index (χ1n) is 8.56. The van der Waals surface area contributed by atoms with Crippen LogP contribution in [0.5, 0.6) is 5.75 Å². The highest BCUT2D eigenvalue weighted by atomic mass is 16.5. The SMILES string of the molecule is CCNC(=O)COc1ccc(NC(=O)C(=O)NC(C)c2ccc(C)o2)cc1. The van der Waals surface area contributed by atoms with E-state index in [1.54, 1.807) is 50.2 Å². The molecule has 1 aromatic carbocycles. The smallest absolute Gasteiger partial charge is 0.313 e. The molecule has 2 aromatic rings. The van der Waals surface area contributed by atoms with Gasteiger partial charge in [-0.25, -0.2) is 0 Å². The third kappa shape index (κ3) is 6.18. The van der Waals surface area contributed by atoms with Crippen molar-refractivity contribution in [2.45, 2.75) is 26.8 Å². The van der Waals surface area contributed by atoms with E-state index in [4.69, 9.17) is 9.15 Å². The maximum atomic E-state index is 12.0. The molecule has 1 atom stereocenters. The number of amides is 3. The van der Waals surface area contributed by atoms with Crippen LogP contribution in [0.2, 0.25) is 0 Å². The Morgan fingerprint density at radius 2 is 1.78 bits per heavy atom. The number of furan rings is 1. The molecule has 0 aliphatic rings. The van der Waals surface area contributed by atoms with Crippen molar-refractivity contribution in [3.05, 3.63) is 47.9 Å². The quantitative estimate of drug-likeness (QED) is 0.643. The molecule has 0 aliphatic carbocycles. The van der Waals surface area contributed by atoms with E-state index in [9.17, 15) is 14.4 Å². The zero-order chi connectivity index (χ0) is 19.8. The van der Waals surface area contributed by atoms with Crippen molar-refractivity contribution in [3.63, 3.8) is 0 Å². The first-order valence-corrected chi connectivity index (χ1v) is 8.56. The monoisotopic (exact) mass is 373 g/mol. The lowest BCUT2D eigenvalue weighted by Gasteiger charge is -2.12. The average molecular weight is 373 g/mol. The number of likely N-dealkylation sites (N-methyl/N-ethyl adjacent to an activating group) is 1. The molecule has 0 aliphatic heterocycles. The van der Waals surface area contributed by atoms with Crippen LogP contribution in [-0.4, -0.2) is 30.9 Å². The van der Waals surface area contributed by atoms with Crippen molar-refractivity contribution >= 4 is 23.4 Å². The van der Waals surface area contributed by atoms with Gasteiger partial charge in [-0.15, -0.1) is 0 Å². The van der Waals surface area contributed by atoms with E-state index < -0.39 is 17.9 Å². The van der Waals surface area contributed by atoms with Crippen LogP contribution >= 0.6 is 0 Å². The lowest BCUT2D eigenvalue weighted by molar-refractivity contribution is -0.136. The molecular formula is C19H23N3O5. The molecule has 3 amide bonds. The van der Waals surface area contributed by atoms with E-state index in [0.29, 0.717) is 23.7 Å². The van der Waals surface area contributed by atoms with E-state index in [1.165, 1.54) is 0 Å². The van der Waals surface area contributed by atoms with Gasteiger partial charge in [0.15, 0.2) is 6.61 Å². The number of hydrogen-bond donors (Lipinski definition) is 3. The summed E-state index contributed by atoms with van der Waals surface area (Å²) in [6, 6.07) is 9.46. The highest BCUT2D eigenvalue weighted by molar-refractivity contribution is 6.39. The number of nitrogens with one attached hydrogen (secondary N) is 3. The molecule has 8 nitrogen and oxygen atoms in total. The minimum Gasteiger partial charge on any atom is -0.484 e.